The van der Waals surface area contributed by atoms with E-state index in [1.54, 1.807) is 0 Å². The highest BCUT2D eigenvalue weighted by Crippen LogP contribution is 2.16. The monoisotopic (exact) mass is 242 g/mol. The predicted octanol–water partition coefficient (Wildman–Crippen LogP) is 3.42. The van der Waals surface area contributed by atoms with Gasteiger partial charge in [-0.15, -0.1) is 0 Å². The number of piperidine rings is 1. The molecule has 2 nitrogen and oxygen atoms in total. The molecule has 1 heterocycles. The molecule has 104 valence electrons. The Morgan fingerprint density at radius 3 is 2.00 bits per heavy atom. The van der Waals surface area contributed by atoms with E-state index in [1.807, 2.05) is 0 Å². The van der Waals surface area contributed by atoms with Crippen LogP contribution in [0.2, 0.25) is 0 Å². The van der Waals surface area contributed by atoms with Crippen molar-refractivity contribution in [2.75, 3.05) is 13.1 Å². The van der Waals surface area contributed by atoms with Crippen LogP contribution in [0.3, 0.4) is 0 Å². The molecule has 0 aromatic heterocycles. The fourth-order valence-electron chi connectivity index (χ4n) is 2.11. The zero-order chi connectivity index (χ0) is 13.5. The Morgan fingerprint density at radius 1 is 1.12 bits per heavy atom. The largest absolute Gasteiger partial charge is 0.316 e. The Labute approximate surface area is 109 Å². The summed E-state index contributed by atoms with van der Waals surface area (Å²) in [5.41, 5.74) is 0.247. The molecule has 2 atom stereocenters. The number of hydrogen-bond acceptors (Lipinski definition) is 2. The van der Waals surface area contributed by atoms with Crippen LogP contribution in [0.1, 0.15) is 61.3 Å². The zero-order valence-corrected chi connectivity index (χ0v) is 13.1. The minimum atomic E-state index is 0.247. The van der Waals surface area contributed by atoms with Gasteiger partial charge in [0.05, 0.1) is 0 Å². The van der Waals surface area contributed by atoms with E-state index in [0.29, 0.717) is 6.04 Å². The topological polar surface area (TPSA) is 24.1 Å². The lowest BCUT2D eigenvalue weighted by Gasteiger charge is -2.34. The van der Waals surface area contributed by atoms with Crippen molar-refractivity contribution in [1.82, 2.24) is 10.6 Å². The van der Waals surface area contributed by atoms with Crippen LogP contribution in [0.15, 0.2) is 0 Å². The van der Waals surface area contributed by atoms with Crippen LogP contribution >= 0.6 is 0 Å². The molecule has 0 aromatic carbocycles. The predicted molar refractivity (Wildman–Crippen MR) is 78.5 cm³/mol. The van der Waals surface area contributed by atoms with Gasteiger partial charge in [-0.25, -0.2) is 0 Å². The van der Waals surface area contributed by atoms with Crippen LogP contribution in [0.25, 0.3) is 0 Å². The third-order valence-corrected chi connectivity index (χ3v) is 2.70. The second-order valence-electron chi connectivity index (χ2n) is 7.02. The summed E-state index contributed by atoms with van der Waals surface area (Å²) < 4.78 is 0. The molecule has 0 aromatic rings. The molecule has 2 unspecified atom stereocenters. The second-order valence-corrected chi connectivity index (χ2v) is 7.02. The highest BCUT2D eigenvalue weighted by molar-refractivity contribution is 4.83. The fraction of sp³-hybridized carbons (Fsp3) is 1.00. The fourth-order valence-corrected chi connectivity index (χ4v) is 2.11. The molecule has 2 heteroatoms. The molecule has 0 radical (unpaired) electrons. The van der Waals surface area contributed by atoms with E-state index in [1.165, 1.54) is 25.9 Å². The van der Waals surface area contributed by atoms with Crippen molar-refractivity contribution < 1.29 is 0 Å². The maximum absolute atomic E-state index is 3.65. The van der Waals surface area contributed by atoms with Crippen molar-refractivity contribution in [2.24, 2.45) is 11.8 Å². The molecule has 1 fully saturated rings. The average molecular weight is 242 g/mol. The Kier molecular flexibility index (Phi) is 8.06. The summed E-state index contributed by atoms with van der Waals surface area (Å²) in [6.07, 6.45) is 2.71. The van der Waals surface area contributed by atoms with Gasteiger partial charge in [0.1, 0.15) is 0 Å². The van der Waals surface area contributed by atoms with E-state index < -0.39 is 0 Å². The lowest BCUT2D eigenvalue weighted by atomic mass is 9.91. The maximum atomic E-state index is 3.65. The van der Waals surface area contributed by atoms with Gasteiger partial charge in [0.15, 0.2) is 0 Å². The van der Waals surface area contributed by atoms with Gasteiger partial charge in [0.25, 0.3) is 0 Å². The normalized spacial score (nSPS) is 22.9. The smallest absolute Gasteiger partial charge is 0.00991 e. The van der Waals surface area contributed by atoms with Gasteiger partial charge >= 0.3 is 0 Å². The SMILES string of the molecule is CC(C)C.CC(NC(C)(C)C)C1CCCNC1. The summed E-state index contributed by atoms with van der Waals surface area (Å²) in [7, 11) is 0. The van der Waals surface area contributed by atoms with Gasteiger partial charge < -0.3 is 10.6 Å². The van der Waals surface area contributed by atoms with E-state index in [0.717, 1.165) is 11.8 Å². The van der Waals surface area contributed by atoms with Gasteiger partial charge in [0, 0.05) is 11.6 Å². The van der Waals surface area contributed by atoms with Crippen molar-refractivity contribution in [2.45, 2.75) is 72.9 Å². The molecule has 0 aliphatic carbocycles. The Bertz CT molecular complexity index is 173. The third-order valence-electron chi connectivity index (χ3n) is 2.70. The maximum Gasteiger partial charge on any atom is 0.00991 e. The van der Waals surface area contributed by atoms with E-state index in [4.69, 9.17) is 0 Å². The quantitative estimate of drug-likeness (QED) is 0.775. The van der Waals surface area contributed by atoms with Crippen LogP contribution < -0.4 is 10.6 Å². The standard InChI is InChI=1S/C11H24N2.C4H10/c1-9(13-11(2,3)4)10-6-5-7-12-8-10;1-4(2)3/h9-10,12-13H,5-8H2,1-4H3;4H,1-3H3. The summed E-state index contributed by atoms with van der Waals surface area (Å²) in [4.78, 5) is 0. The van der Waals surface area contributed by atoms with E-state index in [-0.39, 0.29) is 5.54 Å². The molecule has 0 saturated carbocycles. The first-order valence-corrected chi connectivity index (χ1v) is 7.21. The van der Waals surface area contributed by atoms with Crippen molar-refractivity contribution in [3.05, 3.63) is 0 Å². The zero-order valence-electron chi connectivity index (χ0n) is 13.1. The highest BCUT2D eigenvalue weighted by Gasteiger charge is 2.22. The van der Waals surface area contributed by atoms with Crippen LogP contribution in [0.5, 0.6) is 0 Å². The van der Waals surface area contributed by atoms with Crippen LogP contribution in [0, 0.1) is 11.8 Å². The Morgan fingerprint density at radius 2 is 1.65 bits per heavy atom. The minimum absolute atomic E-state index is 0.247. The highest BCUT2D eigenvalue weighted by atomic mass is 15.0. The molecule has 0 amide bonds. The molecule has 0 spiro atoms. The summed E-state index contributed by atoms with van der Waals surface area (Å²) in [6.45, 7) is 17.9. The number of nitrogens with one attached hydrogen (secondary N) is 2. The van der Waals surface area contributed by atoms with E-state index >= 15 is 0 Å². The Hall–Kier alpha value is -0.0800. The summed E-state index contributed by atoms with van der Waals surface area (Å²) in [6, 6.07) is 0.632. The van der Waals surface area contributed by atoms with Crippen molar-refractivity contribution in [1.29, 1.82) is 0 Å². The van der Waals surface area contributed by atoms with Gasteiger partial charge in [-0.2, -0.15) is 0 Å². The van der Waals surface area contributed by atoms with Crippen molar-refractivity contribution in [3.8, 4) is 0 Å². The Balaban J connectivity index is 0.000000557. The van der Waals surface area contributed by atoms with Gasteiger partial charge in [-0.05, 0) is 65.5 Å². The van der Waals surface area contributed by atoms with E-state index in [9.17, 15) is 0 Å². The van der Waals surface area contributed by atoms with Gasteiger partial charge in [0.2, 0.25) is 0 Å². The number of rotatable bonds is 2. The molecular formula is C15H34N2. The first-order chi connectivity index (χ1) is 7.72. The summed E-state index contributed by atoms with van der Waals surface area (Å²) in [5, 5.41) is 7.11. The lowest BCUT2D eigenvalue weighted by molar-refractivity contribution is 0.253. The van der Waals surface area contributed by atoms with Crippen molar-refractivity contribution in [3.63, 3.8) is 0 Å². The van der Waals surface area contributed by atoms with Gasteiger partial charge in [-0.1, -0.05) is 20.8 Å². The molecular weight excluding hydrogens is 208 g/mol. The molecule has 1 rings (SSSR count). The number of hydrogen-bond donors (Lipinski definition) is 2. The first-order valence-electron chi connectivity index (χ1n) is 7.21. The summed E-state index contributed by atoms with van der Waals surface area (Å²) >= 11 is 0. The second kappa shape index (κ2) is 8.10. The van der Waals surface area contributed by atoms with Gasteiger partial charge in [-0.3, -0.25) is 0 Å². The molecule has 1 saturated heterocycles. The molecule has 17 heavy (non-hydrogen) atoms. The minimum Gasteiger partial charge on any atom is -0.316 e. The average Bonchev–Trinajstić information content (AvgIpc) is 2.15. The summed E-state index contributed by atoms with van der Waals surface area (Å²) in [5.74, 6) is 1.65. The molecule has 2 N–H and O–H groups in total. The van der Waals surface area contributed by atoms with E-state index in [2.05, 4.69) is 59.1 Å². The third kappa shape index (κ3) is 10.8. The molecule has 1 aliphatic rings. The van der Waals surface area contributed by atoms with Crippen LogP contribution in [-0.2, 0) is 0 Å². The lowest BCUT2D eigenvalue weighted by Crippen LogP contribution is -2.49. The van der Waals surface area contributed by atoms with Crippen LogP contribution in [-0.4, -0.2) is 24.7 Å². The molecule has 0 bridgehead atoms. The first kappa shape index (κ1) is 16.9. The molecule has 1 aliphatic heterocycles. The van der Waals surface area contributed by atoms with Crippen LogP contribution in [0.4, 0.5) is 0 Å². The van der Waals surface area contributed by atoms with Crippen molar-refractivity contribution >= 4 is 0 Å².